The summed E-state index contributed by atoms with van der Waals surface area (Å²) in [5, 5.41) is 0. The highest BCUT2D eigenvalue weighted by atomic mass is 16.9. The summed E-state index contributed by atoms with van der Waals surface area (Å²) >= 11 is 0. The molecule has 180 valence electrons. The molecule has 0 fully saturated rings. The zero-order chi connectivity index (χ0) is 24.5. The molecule has 3 aromatic carbocycles. The number of benzene rings is 3. The van der Waals surface area contributed by atoms with Crippen LogP contribution in [0.5, 0.6) is 23.0 Å². The summed E-state index contributed by atoms with van der Waals surface area (Å²) in [6.07, 6.45) is 0.000501. The maximum absolute atomic E-state index is 13.2. The molecule has 0 N–H and O–H groups in total. The number of rotatable bonds is 7. The molecule has 0 aliphatic carbocycles. The number of hydrogen-bond donors (Lipinski definition) is 0. The molecular formula is C28H26O7. The van der Waals surface area contributed by atoms with E-state index in [0.29, 0.717) is 29.1 Å². The Balaban J connectivity index is 1.59. The van der Waals surface area contributed by atoms with Crippen LogP contribution in [0.3, 0.4) is 0 Å². The molecule has 2 unspecified atom stereocenters. The standard InChI is InChI=1S/C28H26O7/c1-16-13-17(5-11-22(16)31-3)14-21-25(19-8-12-23-24(15-19)34-28(32-4)33-23)27(29)35-26(21)18-6-9-20(30-2)10-7-18/h5-13,15,26,28H,14H2,1-4H3. The van der Waals surface area contributed by atoms with E-state index in [0.717, 1.165) is 33.8 Å². The van der Waals surface area contributed by atoms with E-state index in [1.165, 1.54) is 7.11 Å². The third-order valence-electron chi connectivity index (χ3n) is 6.21. The van der Waals surface area contributed by atoms with Crippen molar-refractivity contribution >= 4 is 11.5 Å². The molecule has 2 atom stereocenters. The van der Waals surface area contributed by atoms with Crippen molar-refractivity contribution in [3.8, 4) is 23.0 Å². The first-order valence-electron chi connectivity index (χ1n) is 11.2. The Hall–Kier alpha value is -3.97. The van der Waals surface area contributed by atoms with Gasteiger partial charge in [-0.3, -0.25) is 0 Å². The normalized spacial score (nSPS) is 18.6. The van der Waals surface area contributed by atoms with Gasteiger partial charge in [0.15, 0.2) is 11.5 Å². The van der Waals surface area contributed by atoms with Crippen LogP contribution < -0.4 is 18.9 Å². The maximum atomic E-state index is 13.2. The monoisotopic (exact) mass is 474 g/mol. The van der Waals surface area contributed by atoms with Crippen LogP contribution in [0.4, 0.5) is 0 Å². The van der Waals surface area contributed by atoms with Gasteiger partial charge in [-0.25, -0.2) is 4.79 Å². The van der Waals surface area contributed by atoms with Crippen LogP contribution in [0.15, 0.2) is 66.2 Å². The van der Waals surface area contributed by atoms with Crippen molar-refractivity contribution in [2.45, 2.75) is 25.9 Å². The van der Waals surface area contributed by atoms with Crippen molar-refractivity contribution in [3.05, 3.63) is 88.5 Å². The second kappa shape index (κ2) is 9.35. The van der Waals surface area contributed by atoms with E-state index in [1.807, 2.05) is 49.4 Å². The van der Waals surface area contributed by atoms with Gasteiger partial charge in [-0.05, 0) is 71.5 Å². The summed E-state index contributed by atoms with van der Waals surface area (Å²) in [6.45, 7) is 1.19. The molecule has 7 heteroatoms. The third-order valence-corrected chi connectivity index (χ3v) is 6.21. The van der Waals surface area contributed by atoms with Gasteiger partial charge >= 0.3 is 12.4 Å². The fraction of sp³-hybridized carbons (Fsp3) is 0.250. The molecule has 0 bridgehead atoms. The number of carbonyl (C=O) groups is 1. The van der Waals surface area contributed by atoms with E-state index in [9.17, 15) is 4.79 Å². The van der Waals surface area contributed by atoms with Gasteiger partial charge in [0, 0.05) is 7.11 Å². The van der Waals surface area contributed by atoms with Crippen LogP contribution in [-0.2, 0) is 20.7 Å². The second-order valence-electron chi connectivity index (χ2n) is 8.36. The lowest BCUT2D eigenvalue weighted by Crippen LogP contribution is -2.19. The van der Waals surface area contributed by atoms with Gasteiger partial charge in [0.2, 0.25) is 0 Å². The average molecular weight is 475 g/mol. The number of fused-ring (bicyclic) bond motifs is 1. The molecule has 7 nitrogen and oxygen atoms in total. The van der Waals surface area contributed by atoms with Crippen LogP contribution in [0.25, 0.3) is 5.57 Å². The molecule has 0 radical (unpaired) electrons. The Morgan fingerprint density at radius 2 is 1.60 bits per heavy atom. The van der Waals surface area contributed by atoms with Crippen LogP contribution in [-0.4, -0.2) is 33.8 Å². The number of carbonyl (C=O) groups excluding carboxylic acids is 1. The van der Waals surface area contributed by atoms with E-state index >= 15 is 0 Å². The molecule has 0 amide bonds. The molecular weight excluding hydrogens is 448 g/mol. The zero-order valence-corrected chi connectivity index (χ0v) is 20.0. The predicted octanol–water partition coefficient (Wildman–Crippen LogP) is 5.01. The SMILES string of the molecule is COc1ccc(C2OC(=O)C(c3ccc4c(c3)OC(OC)O4)=C2Cc2ccc(OC)c(C)c2)cc1. The number of cyclic esters (lactones) is 1. The van der Waals surface area contributed by atoms with Gasteiger partial charge in [-0.1, -0.05) is 30.3 Å². The Kier molecular flexibility index (Phi) is 6.09. The number of hydrogen-bond acceptors (Lipinski definition) is 7. The third kappa shape index (κ3) is 4.31. The Labute approximate surface area is 203 Å². The van der Waals surface area contributed by atoms with Crippen LogP contribution in [0.1, 0.15) is 28.4 Å². The van der Waals surface area contributed by atoms with E-state index < -0.39 is 12.6 Å². The van der Waals surface area contributed by atoms with Crippen LogP contribution in [0.2, 0.25) is 0 Å². The maximum Gasteiger partial charge on any atom is 0.360 e. The van der Waals surface area contributed by atoms with Gasteiger partial charge in [-0.15, -0.1) is 0 Å². The summed E-state index contributed by atoms with van der Waals surface area (Å²) in [7, 11) is 4.77. The first-order valence-corrected chi connectivity index (χ1v) is 11.2. The van der Waals surface area contributed by atoms with Crippen molar-refractivity contribution in [3.63, 3.8) is 0 Å². The minimum Gasteiger partial charge on any atom is -0.497 e. The molecule has 0 saturated heterocycles. The van der Waals surface area contributed by atoms with Gasteiger partial charge < -0.3 is 28.4 Å². The Morgan fingerprint density at radius 1 is 0.829 bits per heavy atom. The second-order valence-corrected chi connectivity index (χ2v) is 8.36. The van der Waals surface area contributed by atoms with Crippen molar-refractivity contribution in [2.24, 2.45) is 0 Å². The molecule has 0 aromatic heterocycles. The summed E-state index contributed by atoms with van der Waals surface area (Å²) in [5.41, 5.74) is 5.03. The lowest BCUT2D eigenvalue weighted by molar-refractivity contribution is -0.157. The van der Waals surface area contributed by atoms with Crippen molar-refractivity contribution in [2.75, 3.05) is 21.3 Å². The first kappa shape index (κ1) is 22.8. The smallest absolute Gasteiger partial charge is 0.360 e. The van der Waals surface area contributed by atoms with E-state index in [1.54, 1.807) is 26.4 Å². The quantitative estimate of drug-likeness (QED) is 0.446. The zero-order valence-electron chi connectivity index (χ0n) is 20.0. The van der Waals surface area contributed by atoms with Crippen LogP contribution >= 0.6 is 0 Å². The number of esters is 1. The van der Waals surface area contributed by atoms with Crippen molar-refractivity contribution in [1.82, 2.24) is 0 Å². The minimum atomic E-state index is -0.807. The summed E-state index contributed by atoms with van der Waals surface area (Å²) in [6, 6.07) is 19.0. The summed E-state index contributed by atoms with van der Waals surface area (Å²) in [4.78, 5) is 13.2. The van der Waals surface area contributed by atoms with Crippen molar-refractivity contribution in [1.29, 1.82) is 0 Å². The van der Waals surface area contributed by atoms with E-state index in [4.69, 9.17) is 28.4 Å². The lowest BCUT2D eigenvalue weighted by Gasteiger charge is -2.16. The summed E-state index contributed by atoms with van der Waals surface area (Å²) < 4.78 is 33.0. The Bertz CT molecular complexity index is 1290. The van der Waals surface area contributed by atoms with Crippen molar-refractivity contribution < 1.29 is 33.2 Å². The van der Waals surface area contributed by atoms with E-state index in [2.05, 4.69) is 6.07 Å². The largest absolute Gasteiger partial charge is 0.497 e. The van der Waals surface area contributed by atoms with Gasteiger partial charge in [0.05, 0.1) is 19.8 Å². The Morgan fingerprint density at radius 3 is 2.29 bits per heavy atom. The number of ether oxygens (including phenoxy) is 6. The predicted molar refractivity (Wildman–Crippen MR) is 129 cm³/mol. The minimum absolute atomic E-state index is 0.381. The highest BCUT2D eigenvalue weighted by molar-refractivity contribution is 6.20. The lowest BCUT2D eigenvalue weighted by atomic mass is 9.90. The number of methoxy groups -OCH3 is 3. The highest BCUT2D eigenvalue weighted by Gasteiger charge is 2.37. The molecule has 3 aromatic rings. The van der Waals surface area contributed by atoms with Gasteiger partial charge in [0.25, 0.3) is 0 Å². The molecule has 35 heavy (non-hydrogen) atoms. The van der Waals surface area contributed by atoms with E-state index in [-0.39, 0.29) is 5.97 Å². The topological polar surface area (TPSA) is 72.5 Å². The molecule has 0 saturated carbocycles. The molecule has 5 rings (SSSR count). The first-order chi connectivity index (χ1) is 17.0. The van der Waals surface area contributed by atoms with Gasteiger partial charge in [-0.2, -0.15) is 0 Å². The molecule has 2 aliphatic rings. The fourth-order valence-electron chi connectivity index (χ4n) is 4.48. The molecule has 2 heterocycles. The highest BCUT2D eigenvalue weighted by Crippen LogP contribution is 2.44. The average Bonchev–Trinajstić information content (AvgIpc) is 3.44. The number of aryl methyl sites for hydroxylation is 1. The molecule has 2 aliphatic heterocycles. The van der Waals surface area contributed by atoms with Gasteiger partial charge in [0.1, 0.15) is 17.6 Å². The molecule has 0 spiro atoms. The fourth-order valence-corrected chi connectivity index (χ4v) is 4.48. The summed E-state index contributed by atoms with van der Waals surface area (Å²) in [5.74, 6) is 2.25. The van der Waals surface area contributed by atoms with Crippen LogP contribution in [0, 0.1) is 6.92 Å².